The zero-order valence-electron chi connectivity index (χ0n) is 12.8. The highest BCUT2D eigenvalue weighted by Crippen LogP contribution is 2.38. The molecule has 5 nitrogen and oxygen atoms in total. The van der Waals surface area contributed by atoms with Crippen molar-refractivity contribution in [3.63, 3.8) is 0 Å². The molecule has 1 amide bonds. The minimum atomic E-state index is -0.0764. The van der Waals surface area contributed by atoms with Gasteiger partial charge in [0.1, 0.15) is 5.82 Å². The van der Waals surface area contributed by atoms with E-state index < -0.39 is 0 Å². The zero-order valence-corrected chi connectivity index (χ0v) is 13.6. The van der Waals surface area contributed by atoms with Gasteiger partial charge in [-0.05, 0) is 31.2 Å². The lowest BCUT2D eigenvalue weighted by Crippen LogP contribution is -2.25. The topological polar surface area (TPSA) is 59.8 Å². The van der Waals surface area contributed by atoms with Crippen molar-refractivity contribution in [2.24, 2.45) is 7.05 Å². The maximum Gasteiger partial charge on any atom is 0.226 e. The summed E-state index contributed by atoms with van der Waals surface area (Å²) >= 11 is 6.03. The summed E-state index contributed by atoms with van der Waals surface area (Å²) in [5, 5.41) is 9.02. The standard InChI is InChI=1S/C17H15ClN4O/c1-9-16-12(8-15(23)20-17(16)22(2)21-9)14-5-3-10-7-11(18)4-6-13(10)19-14/h3-7,12H,8H2,1-2H3,(H,20,23). The Morgan fingerprint density at radius 2 is 2.13 bits per heavy atom. The monoisotopic (exact) mass is 326 g/mol. The van der Waals surface area contributed by atoms with E-state index in [1.807, 2.05) is 44.3 Å². The van der Waals surface area contributed by atoms with Crippen molar-refractivity contribution in [2.75, 3.05) is 5.32 Å². The van der Waals surface area contributed by atoms with E-state index in [2.05, 4.69) is 10.4 Å². The molecule has 2 aromatic heterocycles. The van der Waals surface area contributed by atoms with Crippen molar-refractivity contribution in [3.05, 3.63) is 52.3 Å². The summed E-state index contributed by atoms with van der Waals surface area (Å²) < 4.78 is 1.72. The molecule has 1 N–H and O–H groups in total. The predicted molar refractivity (Wildman–Crippen MR) is 89.8 cm³/mol. The number of aryl methyl sites for hydroxylation is 2. The minimum absolute atomic E-state index is 0.0106. The molecule has 1 aliphatic heterocycles. The van der Waals surface area contributed by atoms with Crippen LogP contribution < -0.4 is 5.32 Å². The number of pyridine rings is 1. The third kappa shape index (κ3) is 2.28. The van der Waals surface area contributed by atoms with Gasteiger partial charge in [-0.3, -0.25) is 14.5 Å². The first-order chi connectivity index (χ1) is 11.0. The molecule has 0 saturated heterocycles. The summed E-state index contributed by atoms with van der Waals surface area (Å²) in [7, 11) is 1.84. The number of rotatable bonds is 1. The van der Waals surface area contributed by atoms with Gasteiger partial charge in [0, 0.05) is 41.1 Å². The van der Waals surface area contributed by atoms with Gasteiger partial charge in [0.2, 0.25) is 5.91 Å². The second-order valence-corrected chi connectivity index (χ2v) is 6.29. The van der Waals surface area contributed by atoms with Crippen molar-refractivity contribution in [3.8, 4) is 0 Å². The third-order valence-corrected chi connectivity index (χ3v) is 4.53. The van der Waals surface area contributed by atoms with Crippen LogP contribution in [-0.4, -0.2) is 20.7 Å². The summed E-state index contributed by atoms with van der Waals surface area (Å²) in [5.41, 5.74) is 3.73. The molecule has 0 saturated carbocycles. The van der Waals surface area contributed by atoms with E-state index in [4.69, 9.17) is 16.6 Å². The van der Waals surface area contributed by atoms with E-state index >= 15 is 0 Å². The molecule has 0 fully saturated rings. The van der Waals surface area contributed by atoms with Gasteiger partial charge < -0.3 is 5.32 Å². The molecule has 1 aliphatic rings. The van der Waals surface area contributed by atoms with Crippen LogP contribution in [0.1, 0.15) is 29.3 Å². The van der Waals surface area contributed by atoms with Crippen LogP contribution in [0.4, 0.5) is 5.82 Å². The van der Waals surface area contributed by atoms with Crippen LogP contribution in [-0.2, 0) is 11.8 Å². The first-order valence-corrected chi connectivity index (χ1v) is 7.80. The van der Waals surface area contributed by atoms with Crippen molar-refractivity contribution >= 4 is 34.2 Å². The Morgan fingerprint density at radius 1 is 1.30 bits per heavy atom. The molecule has 4 rings (SSSR count). The molecule has 3 heterocycles. The number of nitrogens with one attached hydrogen (secondary N) is 1. The normalized spacial score (nSPS) is 17.2. The summed E-state index contributed by atoms with van der Waals surface area (Å²) in [6, 6.07) is 9.59. The zero-order chi connectivity index (χ0) is 16.1. The number of hydrogen-bond donors (Lipinski definition) is 1. The van der Waals surface area contributed by atoms with Crippen LogP contribution in [0.3, 0.4) is 0 Å². The number of nitrogens with zero attached hydrogens (tertiary/aromatic N) is 3. The molecule has 1 atom stereocenters. The number of fused-ring (bicyclic) bond motifs is 2. The highest BCUT2D eigenvalue weighted by molar-refractivity contribution is 6.31. The maximum atomic E-state index is 12.1. The molecule has 6 heteroatoms. The molecule has 1 aromatic carbocycles. The lowest BCUT2D eigenvalue weighted by atomic mass is 9.88. The van der Waals surface area contributed by atoms with Gasteiger partial charge in [-0.2, -0.15) is 5.10 Å². The Bertz CT molecular complexity index is 947. The molecule has 1 unspecified atom stereocenters. The van der Waals surface area contributed by atoms with Gasteiger partial charge in [0.05, 0.1) is 11.2 Å². The van der Waals surface area contributed by atoms with Crippen molar-refractivity contribution in [2.45, 2.75) is 19.3 Å². The first-order valence-electron chi connectivity index (χ1n) is 7.42. The number of aromatic nitrogens is 3. The fourth-order valence-corrected chi connectivity index (χ4v) is 3.45. The summed E-state index contributed by atoms with van der Waals surface area (Å²) in [6.07, 6.45) is 0.381. The summed E-state index contributed by atoms with van der Waals surface area (Å²) in [4.78, 5) is 16.8. The Kier molecular flexibility index (Phi) is 3.13. The number of benzene rings is 1. The molecule has 23 heavy (non-hydrogen) atoms. The van der Waals surface area contributed by atoms with E-state index in [9.17, 15) is 4.79 Å². The van der Waals surface area contributed by atoms with Crippen molar-refractivity contribution < 1.29 is 4.79 Å². The van der Waals surface area contributed by atoms with Gasteiger partial charge in [-0.25, -0.2) is 0 Å². The van der Waals surface area contributed by atoms with Gasteiger partial charge >= 0.3 is 0 Å². The number of halogens is 1. The average Bonchev–Trinajstić information content (AvgIpc) is 2.80. The van der Waals surface area contributed by atoms with Gasteiger partial charge in [-0.1, -0.05) is 17.7 Å². The molecular weight excluding hydrogens is 312 g/mol. The highest BCUT2D eigenvalue weighted by Gasteiger charge is 2.32. The Labute approximate surface area is 138 Å². The highest BCUT2D eigenvalue weighted by atomic mass is 35.5. The number of carbonyl (C=O) groups is 1. The van der Waals surface area contributed by atoms with Crippen LogP contribution in [0.15, 0.2) is 30.3 Å². The van der Waals surface area contributed by atoms with Crippen LogP contribution in [0.2, 0.25) is 5.02 Å². The van der Waals surface area contributed by atoms with Crippen LogP contribution in [0.25, 0.3) is 10.9 Å². The molecular formula is C17H15ClN4O. The fourth-order valence-electron chi connectivity index (χ4n) is 3.27. The largest absolute Gasteiger partial charge is 0.311 e. The van der Waals surface area contributed by atoms with E-state index in [0.717, 1.165) is 33.7 Å². The molecule has 3 aromatic rings. The second-order valence-electron chi connectivity index (χ2n) is 5.85. The second kappa shape index (κ2) is 5.06. The lowest BCUT2D eigenvalue weighted by molar-refractivity contribution is -0.116. The molecule has 0 aliphatic carbocycles. The van der Waals surface area contributed by atoms with Gasteiger partial charge in [0.25, 0.3) is 0 Å². The van der Waals surface area contributed by atoms with Gasteiger partial charge in [0.15, 0.2) is 0 Å². The molecule has 0 radical (unpaired) electrons. The summed E-state index contributed by atoms with van der Waals surface area (Å²) in [5.74, 6) is 0.679. The number of anilines is 1. The Hall–Kier alpha value is -2.40. The predicted octanol–water partition coefficient (Wildman–Crippen LogP) is 3.40. The van der Waals surface area contributed by atoms with E-state index in [1.165, 1.54) is 0 Å². The van der Waals surface area contributed by atoms with Crippen LogP contribution >= 0.6 is 11.6 Å². The van der Waals surface area contributed by atoms with Crippen molar-refractivity contribution in [1.82, 2.24) is 14.8 Å². The number of hydrogen-bond acceptors (Lipinski definition) is 3. The van der Waals surface area contributed by atoms with E-state index in [-0.39, 0.29) is 11.8 Å². The van der Waals surface area contributed by atoms with Crippen LogP contribution in [0, 0.1) is 6.92 Å². The third-order valence-electron chi connectivity index (χ3n) is 4.29. The molecule has 116 valence electrons. The summed E-state index contributed by atoms with van der Waals surface area (Å²) in [6.45, 7) is 1.96. The SMILES string of the molecule is Cc1nn(C)c2c1C(c1ccc3cc(Cl)ccc3n1)CC(=O)N2. The molecule has 0 bridgehead atoms. The number of amides is 1. The average molecular weight is 327 g/mol. The van der Waals surface area contributed by atoms with E-state index in [0.29, 0.717) is 11.4 Å². The van der Waals surface area contributed by atoms with Gasteiger partial charge in [-0.15, -0.1) is 0 Å². The number of carbonyl (C=O) groups excluding carboxylic acids is 1. The van der Waals surface area contributed by atoms with Crippen molar-refractivity contribution in [1.29, 1.82) is 0 Å². The Balaban J connectivity index is 1.88. The van der Waals surface area contributed by atoms with Crippen LogP contribution in [0.5, 0.6) is 0 Å². The Morgan fingerprint density at radius 3 is 2.96 bits per heavy atom. The minimum Gasteiger partial charge on any atom is -0.311 e. The molecule has 0 spiro atoms. The lowest BCUT2D eigenvalue weighted by Gasteiger charge is -2.23. The maximum absolute atomic E-state index is 12.1. The fraction of sp³-hybridized carbons (Fsp3) is 0.235. The smallest absolute Gasteiger partial charge is 0.226 e. The quantitative estimate of drug-likeness (QED) is 0.745. The first kappa shape index (κ1) is 14.2. The van der Waals surface area contributed by atoms with E-state index in [1.54, 1.807) is 4.68 Å².